The van der Waals surface area contributed by atoms with Gasteiger partial charge in [-0.25, -0.2) is 9.07 Å². The summed E-state index contributed by atoms with van der Waals surface area (Å²) < 4.78 is 21.5. The molecule has 1 saturated carbocycles. The monoisotopic (exact) mass is 540 g/mol. The van der Waals surface area contributed by atoms with Gasteiger partial charge in [-0.3, -0.25) is 9.69 Å². The highest BCUT2D eigenvalue weighted by Gasteiger charge is 2.33. The van der Waals surface area contributed by atoms with Crippen molar-refractivity contribution in [1.82, 2.24) is 30.1 Å². The first-order chi connectivity index (χ1) is 19.5. The minimum atomic E-state index is -0.583. The molecule has 0 bridgehead atoms. The molecule has 0 amide bonds. The number of nitrogens with one attached hydrogen (secondary N) is 1. The molecular formula is C31H33FN6O2. The van der Waals surface area contributed by atoms with Gasteiger partial charge in [-0.2, -0.15) is 0 Å². The van der Waals surface area contributed by atoms with E-state index >= 15 is 0 Å². The van der Waals surface area contributed by atoms with E-state index < -0.39 is 6.04 Å². The maximum Gasteiger partial charge on any atom is 0.253 e. The lowest BCUT2D eigenvalue weighted by Gasteiger charge is -2.32. The van der Waals surface area contributed by atoms with Crippen LogP contribution < -0.4 is 5.56 Å². The van der Waals surface area contributed by atoms with Crippen LogP contribution in [-0.2, 0) is 13.1 Å². The van der Waals surface area contributed by atoms with E-state index in [1.54, 1.807) is 18.4 Å². The van der Waals surface area contributed by atoms with Crippen LogP contribution in [0.4, 0.5) is 4.39 Å². The summed E-state index contributed by atoms with van der Waals surface area (Å²) >= 11 is 0. The van der Waals surface area contributed by atoms with E-state index in [2.05, 4.69) is 31.5 Å². The Morgan fingerprint density at radius 2 is 1.82 bits per heavy atom. The molecule has 40 heavy (non-hydrogen) atoms. The molecule has 6 rings (SSSR count). The third kappa shape index (κ3) is 5.21. The van der Waals surface area contributed by atoms with E-state index in [0.717, 1.165) is 59.0 Å². The number of benzene rings is 2. The number of pyridine rings is 1. The number of aromatic amines is 1. The Balaban J connectivity index is 1.55. The van der Waals surface area contributed by atoms with E-state index in [0.29, 0.717) is 24.5 Å². The van der Waals surface area contributed by atoms with Crippen LogP contribution in [0.25, 0.3) is 10.9 Å². The first-order valence-electron chi connectivity index (χ1n) is 13.9. The van der Waals surface area contributed by atoms with Crippen molar-refractivity contribution in [3.05, 3.63) is 111 Å². The average Bonchev–Trinajstić information content (AvgIpc) is 3.66. The highest BCUT2D eigenvalue weighted by atomic mass is 19.1. The van der Waals surface area contributed by atoms with Gasteiger partial charge >= 0.3 is 0 Å². The smallest absolute Gasteiger partial charge is 0.253 e. The Morgan fingerprint density at radius 3 is 2.58 bits per heavy atom. The molecule has 1 atom stereocenters. The highest BCUT2D eigenvalue weighted by molar-refractivity contribution is 5.85. The zero-order chi connectivity index (χ0) is 27.6. The fourth-order valence-electron chi connectivity index (χ4n) is 5.93. The molecule has 9 heteroatoms. The number of H-pyrrole nitrogens is 1. The normalized spacial score (nSPS) is 15.2. The van der Waals surface area contributed by atoms with Crippen molar-refractivity contribution < 1.29 is 8.81 Å². The predicted molar refractivity (Wildman–Crippen MR) is 150 cm³/mol. The number of rotatable bonds is 8. The maximum absolute atomic E-state index is 13.9. The van der Waals surface area contributed by atoms with Crippen LogP contribution in [-0.4, -0.2) is 30.1 Å². The zero-order valence-corrected chi connectivity index (χ0v) is 22.8. The van der Waals surface area contributed by atoms with Crippen LogP contribution in [0.15, 0.2) is 70.1 Å². The SMILES string of the molecule is Cc1ccc(C)c2[nH]c(=O)c(C(c3nnnn3C3CCCCC3)N(Cc3ccc(F)cc3)Cc3ccco3)cc12. The lowest BCUT2D eigenvalue weighted by molar-refractivity contribution is 0.173. The third-order valence-electron chi connectivity index (χ3n) is 8.05. The number of aryl methyl sites for hydroxylation is 2. The maximum atomic E-state index is 13.9. The first kappa shape index (κ1) is 26.1. The Labute approximate surface area is 231 Å². The molecule has 2 aromatic carbocycles. The molecule has 0 radical (unpaired) electrons. The summed E-state index contributed by atoms with van der Waals surface area (Å²) in [6.07, 6.45) is 7.07. The number of hydrogen-bond donors (Lipinski definition) is 1. The standard InChI is InChI=1S/C31H33FN6O2/c1-20-10-11-21(2)28-26(20)17-27(31(39)33-28)29(30-34-35-36-38(30)24-7-4-3-5-8-24)37(19-25-9-6-16-40-25)18-22-12-14-23(32)15-13-22/h6,9-17,24,29H,3-5,7-8,18-19H2,1-2H3,(H,33,39). The Kier molecular flexibility index (Phi) is 7.30. The fourth-order valence-corrected chi connectivity index (χ4v) is 5.93. The zero-order valence-electron chi connectivity index (χ0n) is 22.8. The van der Waals surface area contributed by atoms with Crippen LogP contribution in [0.5, 0.6) is 0 Å². The van der Waals surface area contributed by atoms with E-state index in [1.165, 1.54) is 18.6 Å². The summed E-state index contributed by atoms with van der Waals surface area (Å²) in [5.41, 5.74) is 4.18. The molecule has 1 unspecified atom stereocenters. The number of nitrogens with zero attached hydrogens (tertiary/aromatic N) is 5. The number of tetrazole rings is 1. The van der Waals surface area contributed by atoms with E-state index in [4.69, 9.17) is 4.42 Å². The minimum Gasteiger partial charge on any atom is -0.468 e. The number of fused-ring (bicyclic) bond motifs is 1. The molecule has 0 aliphatic heterocycles. The minimum absolute atomic E-state index is 0.168. The average molecular weight is 541 g/mol. The quantitative estimate of drug-likeness (QED) is 0.253. The molecule has 1 N–H and O–H groups in total. The van der Waals surface area contributed by atoms with Crippen LogP contribution in [0.2, 0.25) is 0 Å². The number of halogens is 1. The van der Waals surface area contributed by atoms with E-state index in [9.17, 15) is 9.18 Å². The number of furan rings is 1. The Bertz CT molecular complexity index is 1650. The molecule has 5 aromatic rings. The van der Waals surface area contributed by atoms with Gasteiger partial charge in [0.25, 0.3) is 5.56 Å². The summed E-state index contributed by atoms with van der Waals surface area (Å²) in [4.78, 5) is 19.2. The highest BCUT2D eigenvalue weighted by Crippen LogP contribution is 2.35. The number of aromatic nitrogens is 5. The summed E-state index contributed by atoms with van der Waals surface area (Å²) in [6.45, 7) is 4.87. The van der Waals surface area contributed by atoms with Gasteiger partial charge in [0.2, 0.25) is 0 Å². The van der Waals surface area contributed by atoms with Gasteiger partial charge in [0.05, 0.1) is 24.4 Å². The van der Waals surface area contributed by atoms with Gasteiger partial charge in [-0.15, -0.1) is 5.10 Å². The van der Waals surface area contributed by atoms with Crippen molar-refractivity contribution >= 4 is 10.9 Å². The summed E-state index contributed by atoms with van der Waals surface area (Å²) in [5.74, 6) is 1.07. The van der Waals surface area contributed by atoms with Gasteiger partial charge in [-0.05, 0) is 84.1 Å². The predicted octanol–water partition coefficient (Wildman–Crippen LogP) is 6.16. The van der Waals surface area contributed by atoms with Gasteiger partial charge in [0.15, 0.2) is 5.82 Å². The first-order valence-corrected chi connectivity index (χ1v) is 13.9. The van der Waals surface area contributed by atoms with Gasteiger partial charge < -0.3 is 9.40 Å². The van der Waals surface area contributed by atoms with Crippen LogP contribution in [0.1, 0.15) is 78.0 Å². The van der Waals surface area contributed by atoms with Crippen molar-refractivity contribution in [1.29, 1.82) is 0 Å². The number of hydrogen-bond acceptors (Lipinski definition) is 6. The third-order valence-corrected chi connectivity index (χ3v) is 8.05. The lowest BCUT2D eigenvalue weighted by Crippen LogP contribution is -2.35. The molecular weight excluding hydrogens is 507 g/mol. The van der Waals surface area contributed by atoms with Gasteiger partial charge in [0, 0.05) is 17.5 Å². The Hall–Kier alpha value is -4.11. The van der Waals surface area contributed by atoms with Crippen molar-refractivity contribution in [3.8, 4) is 0 Å². The van der Waals surface area contributed by atoms with Crippen molar-refractivity contribution in [2.24, 2.45) is 0 Å². The summed E-state index contributed by atoms with van der Waals surface area (Å²) in [5, 5.41) is 14.1. The van der Waals surface area contributed by atoms with Crippen molar-refractivity contribution in [2.45, 2.75) is 71.1 Å². The fraction of sp³-hybridized carbons (Fsp3) is 0.355. The van der Waals surface area contributed by atoms with E-state index in [-0.39, 0.29) is 17.4 Å². The van der Waals surface area contributed by atoms with Crippen LogP contribution in [0.3, 0.4) is 0 Å². The molecule has 1 aliphatic rings. The molecule has 3 aromatic heterocycles. The van der Waals surface area contributed by atoms with Crippen LogP contribution >= 0.6 is 0 Å². The van der Waals surface area contributed by atoms with E-state index in [1.807, 2.05) is 42.8 Å². The Morgan fingerprint density at radius 1 is 1.05 bits per heavy atom. The second-order valence-electron chi connectivity index (χ2n) is 10.8. The molecule has 1 aliphatic carbocycles. The van der Waals surface area contributed by atoms with Crippen molar-refractivity contribution in [2.75, 3.05) is 0 Å². The van der Waals surface area contributed by atoms with Gasteiger partial charge in [-0.1, -0.05) is 43.5 Å². The second kappa shape index (κ2) is 11.2. The van der Waals surface area contributed by atoms with Crippen LogP contribution in [0, 0.1) is 19.7 Å². The molecule has 8 nitrogen and oxygen atoms in total. The topological polar surface area (TPSA) is 92.8 Å². The van der Waals surface area contributed by atoms with Gasteiger partial charge in [0.1, 0.15) is 17.6 Å². The largest absolute Gasteiger partial charge is 0.468 e. The molecule has 0 spiro atoms. The van der Waals surface area contributed by atoms with Crippen molar-refractivity contribution in [3.63, 3.8) is 0 Å². The summed E-state index contributed by atoms with van der Waals surface area (Å²) in [6, 6.07) is 15.9. The summed E-state index contributed by atoms with van der Waals surface area (Å²) in [7, 11) is 0. The molecule has 206 valence electrons. The molecule has 0 saturated heterocycles. The molecule has 1 fully saturated rings. The lowest BCUT2D eigenvalue weighted by atomic mass is 9.94. The molecule has 3 heterocycles. The second-order valence-corrected chi connectivity index (χ2v) is 10.8.